The van der Waals surface area contributed by atoms with Crippen LogP contribution in [0.2, 0.25) is 0 Å². The molecule has 0 aliphatic heterocycles. The van der Waals surface area contributed by atoms with E-state index in [0.717, 1.165) is 17.9 Å². The number of rotatable bonds is 6. The van der Waals surface area contributed by atoms with Crippen LogP contribution in [0.1, 0.15) is 38.2 Å². The second-order valence-electron chi connectivity index (χ2n) is 6.05. The number of aliphatic hydroxyl groups is 1. The maximum Gasteiger partial charge on any atom is 0.119 e. The molecule has 19 heavy (non-hydrogen) atoms. The van der Waals surface area contributed by atoms with Crippen molar-refractivity contribution in [2.24, 2.45) is 11.1 Å². The topological polar surface area (TPSA) is 55.5 Å². The summed E-state index contributed by atoms with van der Waals surface area (Å²) in [6.07, 6.45) is 5.29. The van der Waals surface area contributed by atoms with Crippen molar-refractivity contribution in [2.75, 3.05) is 13.2 Å². The molecule has 0 saturated heterocycles. The zero-order valence-electron chi connectivity index (χ0n) is 11.8. The SMILES string of the molecule is CC1(COc2cccc(C[C@H](O)CN)c2)CCCC1. The predicted molar refractivity (Wildman–Crippen MR) is 77.3 cm³/mol. The van der Waals surface area contributed by atoms with E-state index in [1.807, 2.05) is 24.3 Å². The Balaban J connectivity index is 1.91. The molecule has 0 spiro atoms. The zero-order valence-corrected chi connectivity index (χ0v) is 11.8. The summed E-state index contributed by atoms with van der Waals surface area (Å²) in [6, 6.07) is 7.97. The van der Waals surface area contributed by atoms with E-state index in [1.165, 1.54) is 25.7 Å². The van der Waals surface area contributed by atoms with Gasteiger partial charge in [0.25, 0.3) is 0 Å². The van der Waals surface area contributed by atoms with Gasteiger partial charge in [-0.15, -0.1) is 0 Å². The highest BCUT2D eigenvalue weighted by molar-refractivity contribution is 5.29. The summed E-state index contributed by atoms with van der Waals surface area (Å²) in [5.41, 5.74) is 6.85. The highest BCUT2D eigenvalue weighted by atomic mass is 16.5. The Morgan fingerprint density at radius 2 is 2.11 bits per heavy atom. The van der Waals surface area contributed by atoms with E-state index >= 15 is 0 Å². The Kier molecular flexibility index (Phi) is 4.83. The van der Waals surface area contributed by atoms with E-state index in [4.69, 9.17) is 10.5 Å². The Morgan fingerprint density at radius 1 is 1.37 bits per heavy atom. The van der Waals surface area contributed by atoms with Gasteiger partial charge in [0.05, 0.1) is 12.7 Å². The Labute approximate surface area is 115 Å². The lowest BCUT2D eigenvalue weighted by Gasteiger charge is -2.23. The molecule has 106 valence electrons. The second-order valence-corrected chi connectivity index (χ2v) is 6.05. The van der Waals surface area contributed by atoms with Gasteiger partial charge in [-0.1, -0.05) is 31.9 Å². The average Bonchev–Trinajstić information content (AvgIpc) is 2.84. The van der Waals surface area contributed by atoms with E-state index in [9.17, 15) is 5.11 Å². The Morgan fingerprint density at radius 3 is 2.79 bits per heavy atom. The maximum atomic E-state index is 9.58. The molecular weight excluding hydrogens is 238 g/mol. The summed E-state index contributed by atoms with van der Waals surface area (Å²) in [5.74, 6) is 0.898. The van der Waals surface area contributed by atoms with Gasteiger partial charge < -0.3 is 15.6 Å². The van der Waals surface area contributed by atoms with Crippen LogP contribution in [0.3, 0.4) is 0 Å². The lowest BCUT2D eigenvalue weighted by Crippen LogP contribution is -2.22. The molecule has 0 aromatic heterocycles. The van der Waals surface area contributed by atoms with Crippen molar-refractivity contribution in [2.45, 2.75) is 45.1 Å². The van der Waals surface area contributed by atoms with Crippen LogP contribution in [0.5, 0.6) is 5.75 Å². The van der Waals surface area contributed by atoms with Crippen LogP contribution in [-0.4, -0.2) is 24.4 Å². The molecule has 3 heteroatoms. The molecule has 0 amide bonds. The van der Waals surface area contributed by atoms with E-state index in [1.54, 1.807) is 0 Å². The van der Waals surface area contributed by atoms with Crippen LogP contribution >= 0.6 is 0 Å². The van der Waals surface area contributed by atoms with E-state index in [2.05, 4.69) is 6.92 Å². The molecule has 2 rings (SSSR count). The van der Waals surface area contributed by atoms with Gasteiger partial charge in [-0.25, -0.2) is 0 Å². The maximum absolute atomic E-state index is 9.58. The minimum Gasteiger partial charge on any atom is -0.493 e. The average molecular weight is 263 g/mol. The lowest BCUT2D eigenvalue weighted by atomic mass is 9.90. The summed E-state index contributed by atoms with van der Waals surface area (Å²) in [5, 5.41) is 9.58. The van der Waals surface area contributed by atoms with Crippen molar-refractivity contribution in [3.05, 3.63) is 29.8 Å². The molecule has 0 radical (unpaired) electrons. The van der Waals surface area contributed by atoms with E-state index in [-0.39, 0.29) is 0 Å². The first-order chi connectivity index (χ1) is 9.11. The number of benzene rings is 1. The number of ether oxygens (including phenoxy) is 1. The minimum absolute atomic E-state index is 0.295. The molecule has 0 bridgehead atoms. The molecule has 1 atom stereocenters. The van der Waals surface area contributed by atoms with Crippen molar-refractivity contribution in [3.63, 3.8) is 0 Å². The first kappa shape index (κ1) is 14.4. The molecule has 0 heterocycles. The minimum atomic E-state index is -0.470. The lowest BCUT2D eigenvalue weighted by molar-refractivity contribution is 0.167. The van der Waals surface area contributed by atoms with Gasteiger partial charge in [-0.3, -0.25) is 0 Å². The Hall–Kier alpha value is -1.06. The third kappa shape index (κ3) is 4.22. The van der Waals surface area contributed by atoms with E-state index < -0.39 is 6.10 Å². The van der Waals surface area contributed by atoms with E-state index in [0.29, 0.717) is 18.4 Å². The molecule has 3 N–H and O–H groups in total. The molecule has 1 fully saturated rings. The van der Waals surface area contributed by atoms with Crippen LogP contribution in [0.15, 0.2) is 24.3 Å². The zero-order chi connectivity index (χ0) is 13.7. The summed E-state index contributed by atoms with van der Waals surface area (Å²) >= 11 is 0. The van der Waals surface area contributed by atoms with Crippen molar-refractivity contribution >= 4 is 0 Å². The molecule has 0 unspecified atom stereocenters. The monoisotopic (exact) mass is 263 g/mol. The summed E-state index contributed by atoms with van der Waals surface area (Å²) < 4.78 is 5.94. The second kappa shape index (κ2) is 6.40. The first-order valence-electron chi connectivity index (χ1n) is 7.21. The van der Waals surface area contributed by atoms with Gasteiger partial charge in [-0.2, -0.15) is 0 Å². The quantitative estimate of drug-likeness (QED) is 0.829. The molecule has 1 saturated carbocycles. The molecule has 1 aliphatic carbocycles. The summed E-state index contributed by atoms with van der Waals surface area (Å²) in [6.45, 7) is 3.39. The third-order valence-corrected chi connectivity index (χ3v) is 4.04. The molecular formula is C16H25NO2. The van der Waals surface area contributed by atoms with Crippen molar-refractivity contribution in [1.82, 2.24) is 0 Å². The first-order valence-corrected chi connectivity index (χ1v) is 7.21. The van der Waals surface area contributed by atoms with Gasteiger partial charge in [0.15, 0.2) is 0 Å². The summed E-state index contributed by atoms with van der Waals surface area (Å²) in [7, 11) is 0. The van der Waals surface area contributed by atoms with Crippen molar-refractivity contribution in [3.8, 4) is 5.75 Å². The number of hydrogen-bond acceptors (Lipinski definition) is 3. The molecule has 1 aliphatic rings. The normalized spacial score (nSPS) is 19.3. The smallest absolute Gasteiger partial charge is 0.119 e. The third-order valence-electron chi connectivity index (χ3n) is 4.04. The van der Waals surface area contributed by atoms with Gasteiger partial charge in [0.1, 0.15) is 5.75 Å². The number of hydrogen-bond donors (Lipinski definition) is 2. The highest BCUT2D eigenvalue weighted by Gasteiger charge is 2.29. The van der Waals surface area contributed by atoms with Gasteiger partial charge >= 0.3 is 0 Å². The van der Waals surface area contributed by atoms with Crippen LogP contribution in [0.25, 0.3) is 0 Å². The standard InChI is InChI=1S/C16H25NO2/c1-16(7-2-3-8-16)12-19-15-6-4-5-13(10-15)9-14(18)11-17/h4-6,10,14,18H,2-3,7-9,11-12,17H2,1H3/t14-/m0/s1. The van der Waals surface area contributed by atoms with Crippen LogP contribution in [-0.2, 0) is 6.42 Å². The van der Waals surface area contributed by atoms with Crippen molar-refractivity contribution in [1.29, 1.82) is 0 Å². The largest absolute Gasteiger partial charge is 0.493 e. The molecule has 1 aromatic carbocycles. The fourth-order valence-electron chi connectivity index (χ4n) is 2.75. The molecule has 3 nitrogen and oxygen atoms in total. The Bertz CT molecular complexity index is 399. The summed E-state index contributed by atoms with van der Waals surface area (Å²) in [4.78, 5) is 0. The van der Waals surface area contributed by atoms with Gasteiger partial charge in [0, 0.05) is 12.0 Å². The van der Waals surface area contributed by atoms with Crippen LogP contribution < -0.4 is 10.5 Å². The van der Waals surface area contributed by atoms with Crippen LogP contribution in [0.4, 0.5) is 0 Å². The van der Waals surface area contributed by atoms with Crippen LogP contribution in [0, 0.1) is 5.41 Å². The van der Waals surface area contributed by atoms with Gasteiger partial charge in [-0.05, 0) is 37.0 Å². The predicted octanol–water partition coefficient (Wildman–Crippen LogP) is 2.51. The fourth-order valence-corrected chi connectivity index (χ4v) is 2.75. The number of aliphatic hydroxyl groups excluding tert-OH is 1. The fraction of sp³-hybridized carbons (Fsp3) is 0.625. The highest BCUT2D eigenvalue weighted by Crippen LogP contribution is 2.37. The van der Waals surface area contributed by atoms with Crippen molar-refractivity contribution < 1.29 is 9.84 Å². The number of nitrogens with two attached hydrogens (primary N) is 1. The van der Waals surface area contributed by atoms with Gasteiger partial charge in [0.2, 0.25) is 0 Å². The molecule has 1 aromatic rings.